The first kappa shape index (κ1) is 69.9. The van der Waals surface area contributed by atoms with Crippen molar-refractivity contribution in [2.75, 3.05) is 34.3 Å². The van der Waals surface area contributed by atoms with E-state index in [-0.39, 0.29) is 37.8 Å². The Morgan fingerprint density at radius 2 is 1.52 bits per heavy atom. The lowest BCUT2D eigenvalue weighted by Gasteiger charge is -2.49. The fourth-order valence-electron chi connectivity index (χ4n) is 13.2. The number of carbonyl (C=O) groups excluding carboxylic acids is 2. The molecule has 20 nitrogen and oxygen atoms in total. The fraction of sp³-hybridized carbons (Fsp3) is 0.667. The van der Waals surface area contributed by atoms with Crippen LogP contribution in [-0.4, -0.2) is 200 Å². The Bertz CT molecular complexity index is 2760. The predicted octanol–water partition coefficient (Wildman–Crippen LogP) is 5.30. The van der Waals surface area contributed by atoms with Gasteiger partial charge in [-0.15, -0.1) is 5.10 Å². The maximum Gasteiger partial charge on any atom is 0.311 e. The molecule has 1 aromatic heterocycles. The SMILES string of the molecule is CC[C@H]1OC(=O)[C@H](C)[C@@H](O[C@H]2C[C@@](C)(OC)[C@@H](O)[C@H](C)O2)[C@H](C)[C@@H](O[C@@H]2O[C@H](C)C[C@H](N(C)Cc3ccc(-c4cn(CCCCCC(=O)NCC(C)(C)[Si](O)(c5ccccc5)c5ccccc5)nn4)cc3)[C@H]2O)[C@](C)(O)CCN(C)[C@H](C)[C@@H](O)[C@]1(C)O. The van der Waals surface area contributed by atoms with E-state index in [0.717, 1.165) is 40.0 Å². The van der Waals surface area contributed by atoms with Gasteiger partial charge in [0.2, 0.25) is 5.91 Å². The summed E-state index contributed by atoms with van der Waals surface area (Å²) in [6.45, 7) is 21.3. The standard InChI is InChI=1S/C66H102N6O14Si/c1-15-53-66(11,79)58(75)45(5)70(12)36-34-64(9,78)60(43(3)57(44(4)61(77)84-53)85-55-38-65(10,81-14)59(76)46(6)83-55)86-62-56(74)52(37-42(2)82-62)71(13)39-47-30-32-48(33-31-47)51-40-72(69-68-51)35-24-18-23-29-54(73)67-41-63(7,8)87(80,49-25-19-16-20-26-49)50-27-21-17-22-28-50/h16-17,19-22,25-28,30-33,40,42-46,52-53,55-60,62,74-76,78-80H,15,18,23-24,29,34-39,41H2,1-14H3,(H,67,73)/t42-,43+,44-,45-,46+,52+,53-,55+,56-,57+,58-,59+,60-,62+,64-,65-,66-/m1/s1. The van der Waals surface area contributed by atoms with E-state index in [1.165, 1.54) is 14.0 Å². The number of hydrogen-bond acceptors (Lipinski definition) is 18. The molecule has 0 unspecified atom stereocenters. The highest BCUT2D eigenvalue weighted by molar-refractivity contribution is 6.98. The molecule has 87 heavy (non-hydrogen) atoms. The van der Waals surface area contributed by atoms with Crippen LogP contribution >= 0.6 is 0 Å². The van der Waals surface area contributed by atoms with Gasteiger partial charge in [0.1, 0.15) is 35.7 Å². The minimum atomic E-state index is -3.25. The highest BCUT2D eigenvalue weighted by Gasteiger charge is 2.54. The number of methoxy groups -OCH3 is 1. The van der Waals surface area contributed by atoms with Crippen LogP contribution in [0.3, 0.4) is 0 Å². The summed E-state index contributed by atoms with van der Waals surface area (Å²) >= 11 is 0. The largest absolute Gasteiger partial charge is 0.459 e. The Morgan fingerprint density at radius 1 is 0.885 bits per heavy atom. The Morgan fingerprint density at radius 3 is 2.13 bits per heavy atom. The molecule has 7 N–H and O–H groups in total. The summed E-state index contributed by atoms with van der Waals surface area (Å²) < 4.78 is 40.1. The van der Waals surface area contributed by atoms with Gasteiger partial charge in [0, 0.05) is 74.7 Å². The van der Waals surface area contributed by atoms with Crippen molar-refractivity contribution in [1.29, 1.82) is 0 Å². The first-order valence-corrected chi connectivity index (χ1v) is 33.3. The van der Waals surface area contributed by atoms with Gasteiger partial charge in [-0.1, -0.05) is 124 Å². The summed E-state index contributed by atoms with van der Waals surface area (Å²) in [5, 5.41) is 72.9. The zero-order valence-corrected chi connectivity index (χ0v) is 54.9. The van der Waals surface area contributed by atoms with Crippen LogP contribution < -0.4 is 15.7 Å². The number of esters is 1. The summed E-state index contributed by atoms with van der Waals surface area (Å²) in [5.74, 6) is -2.64. The van der Waals surface area contributed by atoms with Crippen LogP contribution in [0.25, 0.3) is 11.3 Å². The number of cyclic esters (lactones) is 1. The molecule has 7 rings (SSSR count). The number of unbranched alkanes of at least 4 members (excludes halogenated alkanes) is 2. The van der Waals surface area contributed by atoms with Crippen molar-refractivity contribution in [1.82, 2.24) is 30.1 Å². The second-order valence-corrected chi connectivity index (χ2v) is 30.5. The van der Waals surface area contributed by atoms with Crippen LogP contribution in [0, 0.1) is 11.8 Å². The van der Waals surface area contributed by atoms with Gasteiger partial charge < -0.3 is 69.0 Å². The van der Waals surface area contributed by atoms with E-state index in [0.29, 0.717) is 38.9 Å². The van der Waals surface area contributed by atoms with Crippen molar-refractivity contribution < 1.29 is 68.3 Å². The van der Waals surface area contributed by atoms with E-state index in [2.05, 4.69) is 20.5 Å². The molecule has 4 heterocycles. The summed E-state index contributed by atoms with van der Waals surface area (Å²) in [4.78, 5) is 43.9. The maximum atomic E-state index is 14.5. The minimum Gasteiger partial charge on any atom is -0.459 e. The lowest BCUT2D eigenvalue weighted by Crippen LogP contribution is -2.67. The second-order valence-electron chi connectivity index (χ2n) is 26.6. The Kier molecular flexibility index (Phi) is 23.8. The summed E-state index contributed by atoms with van der Waals surface area (Å²) in [6, 6.07) is 26.6. The smallest absolute Gasteiger partial charge is 0.311 e. The van der Waals surface area contributed by atoms with Gasteiger partial charge in [0.25, 0.3) is 8.32 Å². The van der Waals surface area contributed by atoms with Crippen LogP contribution in [0.15, 0.2) is 91.1 Å². The molecule has 3 aliphatic heterocycles. The van der Waals surface area contributed by atoms with Crippen LogP contribution in [0.2, 0.25) is 5.04 Å². The van der Waals surface area contributed by atoms with Crippen molar-refractivity contribution in [3.05, 3.63) is 96.7 Å². The molecule has 1 amide bonds. The summed E-state index contributed by atoms with van der Waals surface area (Å²) in [6.07, 6.45) is -4.66. The van der Waals surface area contributed by atoms with Crippen molar-refractivity contribution in [3.8, 4) is 11.3 Å². The van der Waals surface area contributed by atoms with Gasteiger partial charge in [-0.2, -0.15) is 0 Å². The van der Waals surface area contributed by atoms with Crippen molar-refractivity contribution in [3.63, 3.8) is 0 Å². The van der Waals surface area contributed by atoms with Crippen LogP contribution in [-0.2, 0) is 51.1 Å². The number of aromatic nitrogens is 3. The molecule has 3 fully saturated rings. The number of aliphatic hydroxyl groups excluding tert-OH is 3. The van der Waals surface area contributed by atoms with Gasteiger partial charge in [-0.25, -0.2) is 0 Å². The maximum absolute atomic E-state index is 14.5. The molecule has 0 aliphatic carbocycles. The molecular formula is C66H102N6O14Si. The number of nitrogens with zero attached hydrogens (tertiary/aromatic N) is 5. The minimum absolute atomic E-state index is 0.0365. The number of aryl methyl sites for hydroxylation is 1. The topological polar surface area (TPSA) is 260 Å². The van der Waals surface area contributed by atoms with Gasteiger partial charge in [0.05, 0.1) is 47.7 Å². The number of amides is 1. The molecule has 0 spiro atoms. The van der Waals surface area contributed by atoms with Crippen LogP contribution in [0.1, 0.15) is 133 Å². The fourth-order valence-corrected chi connectivity index (χ4v) is 16.8. The van der Waals surface area contributed by atoms with E-state index in [4.69, 9.17) is 28.4 Å². The monoisotopic (exact) mass is 1230 g/mol. The third-order valence-electron chi connectivity index (χ3n) is 19.3. The summed E-state index contributed by atoms with van der Waals surface area (Å²) in [5.41, 5.74) is -1.98. The normalized spacial score (nSPS) is 33.6. The second kappa shape index (κ2) is 29.6. The zero-order valence-electron chi connectivity index (χ0n) is 53.9. The number of aliphatic hydroxyl groups is 5. The third kappa shape index (κ3) is 16.3. The van der Waals surface area contributed by atoms with Gasteiger partial charge in [0.15, 0.2) is 12.6 Å². The molecule has 3 saturated heterocycles. The van der Waals surface area contributed by atoms with Crippen molar-refractivity contribution >= 4 is 30.6 Å². The van der Waals surface area contributed by atoms with E-state index >= 15 is 0 Å². The average Bonchev–Trinajstić information content (AvgIpc) is 1.33. The number of likely N-dealkylation sites (N-methyl/N-ethyl adjacent to an activating group) is 2. The van der Waals surface area contributed by atoms with E-state index < -0.39 is 115 Å². The number of benzene rings is 3. The molecule has 0 bridgehead atoms. The number of nitrogens with one attached hydrogen (secondary N) is 1. The molecule has 3 aliphatic rings. The van der Waals surface area contributed by atoms with Crippen LogP contribution in [0.4, 0.5) is 0 Å². The van der Waals surface area contributed by atoms with Gasteiger partial charge in [-0.3, -0.25) is 19.2 Å². The van der Waals surface area contributed by atoms with Crippen LogP contribution in [0.5, 0.6) is 0 Å². The Balaban J connectivity index is 0.982. The van der Waals surface area contributed by atoms with Crippen molar-refractivity contribution in [2.45, 2.75) is 236 Å². The molecular weight excluding hydrogens is 1130 g/mol. The number of ether oxygens (including phenoxy) is 6. The highest BCUT2D eigenvalue weighted by Crippen LogP contribution is 2.41. The predicted molar refractivity (Wildman–Crippen MR) is 334 cm³/mol. The van der Waals surface area contributed by atoms with E-state index in [9.17, 15) is 39.9 Å². The number of rotatable bonds is 21. The van der Waals surface area contributed by atoms with Gasteiger partial charge >= 0.3 is 5.97 Å². The lowest BCUT2D eigenvalue weighted by molar-refractivity contribution is -0.318. The van der Waals surface area contributed by atoms with E-state index in [1.807, 2.05) is 135 Å². The molecule has 3 aromatic carbocycles. The first-order valence-electron chi connectivity index (χ1n) is 31.3. The van der Waals surface area contributed by atoms with Crippen molar-refractivity contribution in [2.24, 2.45) is 11.8 Å². The molecule has 17 atom stereocenters. The summed E-state index contributed by atoms with van der Waals surface area (Å²) in [7, 11) is 1.98. The molecule has 484 valence electrons. The average molecular weight is 1230 g/mol. The zero-order chi connectivity index (χ0) is 63.8. The molecule has 4 aromatic rings. The van der Waals surface area contributed by atoms with Gasteiger partial charge in [-0.05, 0) is 111 Å². The molecule has 21 heteroatoms. The molecule has 0 radical (unpaired) electrons. The highest BCUT2D eigenvalue weighted by atomic mass is 28.4. The van der Waals surface area contributed by atoms with E-state index in [1.54, 1.807) is 48.6 Å². The Labute approximate surface area is 517 Å². The molecule has 0 saturated carbocycles. The lowest BCUT2D eigenvalue weighted by atomic mass is 9.79. The quantitative estimate of drug-likeness (QED) is 0.0317. The number of hydrogen-bond donors (Lipinski definition) is 7. The Hall–Kier alpha value is -4.56. The number of carbonyl (C=O) groups is 2. The third-order valence-corrected chi connectivity index (χ3v) is 23.8. The first-order chi connectivity index (χ1) is 41.0.